The van der Waals surface area contributed by atoms with Gasteiger partial charge in [-0.1, -0.05) is 11.6 Å². The van der Waals surface area contributed by atoms with E-state index in [1.54, 1.807) is 18.2 Å². The summed E-state index contributed by atoms with van der Waals surface area (Å²) in [6.07, 6.45) is -0.957. The first kappa shape index (κ1) is 12.0. The van der Waals surface area contributed by atoms with E-state index in [0.717, 1.165) is 9.26 Å². The van der Waals surface area contributed by atoms with E-state index in [2.05, 4.69) is 27.9 Å². The molecule has 0 amide bonds. The Bertz CT molecular complexity index is 311. The first-order valence-electron chi connectivity index (χ1n) is 4.06. The van der Waals surface area contributed by atoms with Crippen LogP contribution in [0.25, 0.3) is 0 Å². The van der Waals surface area contributed by atoms with Crippen molar-refractivity contribution in [3.8, 4) is 0 Å². The Hall–Kier alpha value is -0.0700. The van der Waals surface area contributed by atoms with Crippen LogP contribution in [0, 0.1) is 3.57 Å². The highest BCUT2D eigenvalue weighted by Gasteiger charge is 2.04. The van der Waals surface area contributed by atoms with Gasteiger partial charge < -0.3 is 10.4 Å². The number of anilines is 1. The summed E-state index contributed by atoms with van der Waals surface area (Å²) in [5, 5.41) is 12.6. The minimum atomic E-state index is -0.957. The van der Waals surface area contributed by atoms with Crippen LogP contribution in [-0.4, -0.2) is 24.4 Å². The zero-order chi connectivity index (χ0) is 10.6. The molecule has 0 radical (unpaired) electrons. The minimum absolute atomic E-state index is 0.203. The Morgan fingerprint density at radius 1 is 1.57 bits per heavy atom. The van der Waals surface area contributed by atoms with Crippen molar-refractivity contribution in [2.75, 3.05) is 18.5 Å². The maximum Gasteiger partial charge on any atom is 0.117 e. The molecule has 1 atom stereocenters. The lowest BCUT2D eigenvalue weighted by Gasteiger charge is -2.11. The van der Waals surface area contributed by atoms with Gasteiger partial charge in [0.05, 0.1) is 6.10 Å². The molecule has 0 aliphatic heterocycles. The predicted octanol–water partition coefficient (Wildman–Crippen LogP) is 2.69. The van der Waals surface area contributed by atoms with E-state index in [0.29, 0.717) is 5.02 Å². The summed E-state index contributed by atoms with van der Waals surface area (Å²) < 4.78 is 12.9. The van der Waals surface area contributed by atoms with Crippen LogP contribution in [0.3, 0.4) is 0 Å². The number of nitrogens with one attached hydrogen (secondary N) is 1. The third kappa shape index (κ3) is 3.59. The zero-order valence-electron chi connectivity index (χ0n) is 7.30. The van der Waals surface area contributed by atoms with Gasteiger partial charge in [0.15, 0.2) is 0 Å². The van der Waals surface area contributed by atoms with Crippen LogP contribution in [0.5, 0.6) is 0 Å². The molecule has 1 aromatic rings. The Morgan fingerprint density at radius 3 is 2.86 bits per heavy atom. The van der Waals surface area contributed by atoms with Gasteiger partial charge in [0.1, 0.15) is 6.67 Å². The van der Waals surface area contributed by atoms with Crippen molar-refractivity contribution in [1.29, 1.82) is 0 Å². The second-order valence-corrected chi connectivity index (χ2v) is 4.41. The predicted molar refractivity (Wildman–Crippen MR) is 64.6 cm³/mol. The first-order valence-corrected chi connectivity index (χ1v) is 5.52. The summed E-state index contributed by atoms with van der Waals surface area (Å²) in [7, 11) is 0. The van der Waals surface area contributed by atoms with Crippen molar-refractivity contribution < 1.29 is 9.50 Å². The van der Waals surface area contributed by atoms with Crippen molar-refractivity contribution in [1.82, 2.24) is 0 Å². The van der Waals surface area contributed by atoms with Gasteiger partial charge in [-0.3, -0.25) is 0 Å². The standard InChI is InChI=1S/C9H10ClFINO/c10-6-1-2-9(8(12)3-6)13-5-7(14)4-11/h1-3,7,13-14H,4-5H2. The van der Waals surface area contributed by atoms with E-state index < -0.39 is 12.8 Å². The van der Waals surface area contributed by atoms with Crippen molar-refractivity contribution >= 4 is 39.9 Å². The van der Waals surface area contributed by atoms with E-state index in [9.17, 15) is 4.39 Å². The molecule has 0 saturated heterocycles. The molecule has 0 bridgehead atoms. The van der Waals surface area contributed by atoms with Crippen LogP contribution in [-0.2, 0) is 0 Å². The third-order valence-corrected chi connectivity index (χ3v) is 2.76. The molecule has 0 aliphatic carbocycles. The molecule has 14 heavy (non-hydrogen) atoms. The average Bonchev–Trinajstić information content (AvgIpc) is 2.16. The molecular formula is C9H10ClFINO. The molecule has 1 unspecified atom stereocenters. The number of benzene rings is 1. The molecule has 2 nitrogen and oxygen atoms in total. The Balaban J connectivity index is 2.59. The highest BCUT2D eigenvalue weighted by atomic mass is 127. The largest absolute Gasteiger partial charge is 0.389 e. The maximum atomic E-state index is 11.9. The van der Waals surface area contributed by atoms with Crippen LogP contribution in [0.4, 0.5) is 10.1 Å². The molecule has 5 heteroatoms. The van der Waals surface area contributed by atoms with Crippen molar-refractivity contribution in [3.05, 3.63) is 26.8 Å². The van der Waals surface area contributed by atoms with Crippen LogP contribution in [0.2, 0.25) is 5.02 Å². The quantitative estimate of drug-likeness (QED) is 0.833. The number of rotatable bonds is 4. The molecule has 0 aliphatic rings. The molecule has 0 heterocycles. The lowest BCUT2D eigenvalue weighted by Crippen LogP contribution is -2.21. The zero-order valence-corrected chi connectivity index (χ0v) is 10.2. The van der Waals surface area contributed by atoms with Gasteiger partial charge in [0, 0.05) is 20.8 Å². The summed E-state index contributed by atoms with van der Waals surface area (Å²) in [6, 6.07) is 5.34. The van der Waals surface area contributed by atoms with E-state index in [1.807, 2.05) is 0 Å². The smallest absolute Gasteiger partial charge is 0.117 e. The third-order valence-electron chi connectivity index (χ3n) is 1.64. The molecule has 1 rings (SSSR count). The van der Waals surface area contributed by atoms with Crippen molar-refractivity contribution in [3.63, 3.8) is 0 Å². The molecule has 0 fully saturated rings. The van der Waals surface area contributed by atoms with Crippen LogP contribution >= 0.6 is 34.2 Å². The molecular weight excluding hydrogens is 319 g/mol. The number of aliphatic hydroxyl groups excluding tert-OH is 1. The van der Waals surface area contributed by atoms with E-state index in [4.69, 9.17) is 16.7 Å². The molecule has 0 spiro atoms. The average molecular weight is 330 g/mol. The van der Waals surface area contributed by atoms with Crippen molar-refractivity contribution in [2.24, 2.45) is 0 Å². The lowest BCUT2D eigenvalue weighted by atomic mass is 10.3. The van der Waals surface area contributed by atoms with Gasteiger partial charge in [-0.05, 0) is 40.8 Å². The fourth-order valence-electron chi connectivity index (χ4n) is 0.915. The Kier molecular flexibility index (Phi) is 4.91. The van der Waals surface area contributed by atoms with Crippen molar-refractivity contribution in [2.45, 2.75) is 6.10 Å². The molecule has 1 aromatic carbocycles. The van der Waals surface area contributed by atoms with Crippen LogP contribution in [0.1, 0.15) is 0 Å². The Labute approximate surface area is 101 Å². The normalized spacial score (nSPS) is 12.6. The van der Waals surface area contributed by atoms with Crippen LogP contribution < -0.4 is 5.32 Å². The number of halogens is 3. The number of hydrogen-bond donors (Lipinski definition) is 2. The lowest BCUT2D eigenvalue weighted by molar-refractivity contribution is 0.151. The second-order valence-electron chi connectivity index (χ2n) is 2.81. The highest BCUT2D eigenvalue weighted by molar-refractivity contribution is 14.1. The fraction of sp³-hybridized carbons (Fsp3) is 0.333. The maximum absolute atomic E-state index is 11.9. The summed E-state index contributed by atoms with van der Waals surface area (Å²) in [5.74, 6) is 0. The van der Waals surface area contributed by atoms with E-state index >= 15 is 0 Å². The first-order chi connectivity index (χ1) is 6.63. The van der Waals surface area contributed by atoms with Gasteiger partial charge in [-0.15, -0.1) is 0 Å². The van der Waals surface area contributed by atoms with Crippen LogP contribution in [0.15, 0.2) is 18.2 Å². The van der Waals surface area contributed by atoms with Gasteiger partial charge in [-0.2, -0.15) is 0 Å². The summed E-state index contributed by atoms with van der Waals surface area (Å²) in [6.45, 7) is -0.536. The summed E-state index contributed by atoms with van der Waals surface area (Å²) in [5.41, 5.74) is 0.850. The van der Waals surface area contributed by atoms with E-state index in [-0.39, 0.29) is 6.54 Å². The van der Waals surface area contributed by atoms with Gasteiger partial charge in [0.2, 0.25) is 0 Å². The molecule has 0 saturated carbocycles. The van der Waals surface area contributed by atoms with E-state index in [1.165, 1.54) is 0 Å². The summed E-state index contributed by atoms with van der Waals surface area (Å²) >= 11 is 7.89. The molecule has 0 aromatic heterocycles. The van der Waals surface area contributed by atoms with Gasteiger partial charge in [-0.25, -0.2) is 4.39 Å². The molecule has 2 N–H and O–H groups in total. The minimum Gasteiger partial charge on any atom is -0.389 e. The number of aliphatic hydroxyl groups is 1. The number of alkyl halides is 1. The topological polar surface area (TPSA) is 32.3 Å². The SMILES string of the molecule is OC(CF)CNc1ccc(Cl)cc1I. The fourth-order valence-corrected chi connectivity index (χ4v) is 1.98. The highest BCUT2D eigenvalue weighted by Crippen LogP contribution is 2.22. The molecule has 78 valence electrons. The van der Waals surface area contributed by atoms with Gasteiger partial charge in [0.25, 0.3) is 0 Å². The number of hydrogen-bond acceptors (Lipinski definition) is 2. The summed E-state index contributed by atoms with van der Waals surface area (Å²) in [4.78, 5) is 0. The Morgan fingerprint density at radius 2 is 2.29 bits per heavy atom. The second kappa shape index (κ2) is 5.72. The van der Waals surface area contributed by atoms with Gasteiger partial charge >= 0.3 is 0 Å². The monoisotopic (exact) mass is 329 g/mol.